The summed E-state index contributed by atoms with van der Waals surface area (Å²) in [5, 5.41) is 4.16. The lowest BCUT2D eigenvalue weighted by Gasteiger charge is -2.21. The van der Waals surface area contributed by atoms with Crippen molar-refractivity contribution < 1.29 is 27.2 Å². The molecule has 1 aromatic heterocycles. The number of carbonyl (C=O) groups excluding carboxylic acids is 1. The first-order chi connectivity index (χ1) is 15.1. The fraction of sp³-hybridized carbons (Fsp3) is 0.0476. The number of amides is 2. The molecule has 0 radical (unpaired) electrons. The van der Waals surface area contributed by atoms with Crippen LogP contribution < -0.4 is 21.1 Å². The summed E-state index contributed by atoms with van der Waals surface area (Å²) in [7, 11) is 0. The van der Waals surface area contributed by atoms with Gasteiger partial charge in [0.25, 0.3) is 0 Å². The highest BCUT2D eigenvalue weighted by atomic mass is 35.5. The van der Waals surface area contributed by atoms with Gasteiger partial charge in [0.1, 0.15) is 0 Å². The molecule has 0 aliphatic rings. The van der Waals surface area contributed by atoms with Crippen molar-refractivity contribution in [3.63, 3.8) is 0 Å². The SMILES string of the molecule is NC(=O)N(c1ccc(-c2ccc(OC(F)(F)F)c3onc(N)c23)cc1)c1cccc(Cl)c1. The molecule has 164 valence electrons. The van der Waals surface area contributed by atoms with Gasteiger partial charge in [-0.15, -0.1) is 13.2 Å². The first-order valence-electron chi connectivity index (χ1n) is 9.03. The second-order valence-electron chi connectivity index (χ2n) is 6.63. The Bertz CT molecular complexity index is 1310. The van der Waals surface area contributed by atoms with Gasteiger partial charge in [0.2, 0.25) is 5.58 Å². The number of hydrogen-bond donors (Lipinski definition) is 2. The second-order valence-corrected chi connectivity index (χ2v) is 7.07. The molecule has 0 saturated carbocycles. The molecule has 7 nitrogen and oxygen atoms in total. The number of ether oxygens (including phenoxy) is 1. The predicted molar refractivity (Wildman–Crippen MR) is 114 cm³/mol. The molecule has 0 bridgehead atoms. The van der Waals surface area contributed by atoms with Crippen LogP contribution in [-0.2, 0) is 0 Å². The Morgan fingerprint density at radius 3 is 2.41 bits per heavy atom. The maximum atomic E-state index is 12.7. The Hall–Kier alpha value is -3.92. The summed E-state index contributed by atoms with van der Waals surface area (Å²) in [5.41, 5.74) is 13.1. The molecule has 0 spiro atoms. The van der Waals surface area contributed by atoms with Gasteiger partial charge >= 0.3 is 12.4 Å². The molecule has 11 heteroatoms. The number of benzene rings is 3. The number of nitrogens with two attached hydrogens (primary N) is 2. The van der Waals surface area contributed by atoms with Crippen molar-refractivity contribution in [3.8, 4) is 16.9 Å². The largest absolute Gasteiger partial charge is 0.573 e. The molecule has 4 N–H and O–H groups in total. The van der Waals surface area contributed by atoms with Crippen molar-refractivity contribution in [3.05, 3.63) is 65.7 Å². The number of urea groups is 1. The van der Waals surface area contributed by atoms with E-state index < -0.39 is 18.1 Å². The predicted octanol–water partition coefficient (Wildman–Crippen LogP) is 5.85. The van der Waals surface area contributed by atoms with E-state index in [2.05, 4.69) is 9.89 Å². The van der Waals surface area contributed by atoms with Crippen molar-refractivity contribution >= 4 is 45.8 Å². The lowest BCUT2D eigenvalue weighted by Crippen LogP contribution is -2.31. The number of aromatic nitrogens is 1. The summed E-state index contributed by atoms with van der Waals surface area (Å²) < 4.78 is 47.0. The van der Waals surface area contributed by atoms with Gasteiger partial charge in [-0.2, -0.15) is 0 Å². The summed E-state index contributed by atoms with van der Waals surface area (Å²) in [6.07, 6.45) is -4.91. The molecule has 0 aliphatic carbocycles. The highest BCUT2D eigenvalue weighted by Crippen LogP contribution is 2.40. The van der Waals surface area contributed by atoms with Gasteiger partial charge in [-0.3, -0.25) is 4.90 Å². The van der Waals surface area contributed by atoms with Crippen molar-refractivity contribution in [1.29, 1.82) is 0 Å². The van der Waals surface area contributed by atoms with E-state index in [-0.39, 0.29) is 16.8 Å². The molecule has 0 aliphatic heterocycles. The van der Waals surface area contributed by atoms with Gasteiger partial charge in [0, 0.05) is 5.02 Å². The molecular weight excluding hydrogens is 449 g/mol. The fourth-order valence-electron chi connectivity index (χ4n) is 3.30. The zero-order valence-electron chi connectivity index (χ0n) is 16.1. The van der Waals surface area contributed by atoms with Gasteiger partial charge in [0.15, 0.2) is 11.6 Å². The number of halogens is 4. The fourth-order valence-corrected chi connectivity index (χ4v) is 3.49. The standard InChI is InChI=1S/C21H14ClF3N4O3/c22-12-2-1-3-14(10-12)29(20(27)30)13-6-4-11(5-7-13)15-8-9-16(31-21(23,24)25)18-17(15)19(26)28-32-18/h1-10H,(H2,26,28)(H2,27,30). The lowest BCUT2D eigenvalue weighted by atomic mass is 10.0. The Morgan fingerprint density at radius 1 is 1.06 bits per heavy atom. The van der Waals surface area contributed by atoms with Crippen molar-refractivity contribution in [1.82, 2.24) is 5.16 Å². The molecule has 1 heterocycles. The van der Waals surface area contributed by atoms with E-state index in [1.165, 1.54) is 11.0 Å². The smallest absolute Gasteiger partial charge is 0.402 e. The highest BCUT2D eigenvalue weighted by molar-refractivity contribution is 6.31. The van der Waals surface area contributed by atoms with Crippen LogP contribution >= 0.6 is 11.6 Å². The molecule has 4 rings (SSSR count). The third kappa shape index (κ3) is 4.12. The van der Waals surface area contributed by atoms with Crippen molar-refractivity contribution in [2.24, 2.45) is 5.73 Å². The van der Waals surface area contributed by atoms with E-state index in [1.807, 2.05) is 0 Å². The summed E-state index contributed by atoms with van der Waals surface area (Å²) >= 11 is 6.01. The second kappa shape index (κ2) is 7.97. The number of nitrogen functional groups attached to an aromatic ring is 1. The van der Waals surface area contributed by atoms with Crippen molar-refractivity contribution in [2.75, 3.05) is 10.6 Å². The molecule has 4 aromatic rings. The number of hydrogen-bond acceptors (Lipinski definition) is 5. The third-order valence-corrected chi connectivity index (χ3v) is 4.80. The van der Waals surface area contributed by atoms with Crippen LogP contribution in [0.2, 0.25) is 5.02 Å². The van der Waals surface area contributed by atoms with Crippen LogP contribution in [0.5, 0.6) is 5.75 Å². The number of primary amides is 1. The molecule has 0 saturated heterocycles. The molecule has 0 fully saturated rings. The summed E-state index contributed by atoms with van der Waals surface area (Å²) in [4.78, 5) is 13.3. The van der Waals surface area contributed by atoms with Crippen LogP contribution in [0.1, 0.15) is 0 Å². The van der Waals surface area contributed by atoms with Crippen LogP contribution in [0.3, 0.4) is 0 Å². The maximum absolute atomic E-state index is 12.7. The minimum atomic E-state index is -4.91. The molecule has 0 unspecified atom stereocenters. The molecule has 3 aromatic carbocycles. The van der Waals surface area contributed by atoms with Crippen LogP contribution in [-0.4, -0.2) is 17.6 Å². The van der Waals surface area contributed by atoms with E-state index in [0.717, 1.165) is 6.07 Å². The average Bonchev–Trinajstić information content (AvgIpc) is 3.10. The number of fused-ring (bicyclic) bond motifs is 1. The van der Waals surface area contributed by atoms with Gasteiger partial charge in [-0.25, -0.2) is 4.79 Å². The first-order valence-corrected chi connectivity index (χ1v) is 9.41. The van der Waals surface area contributed by atoms with Gasteiger partial charge < -0.3 is 20.7 Å². The third-order valence-electron chi connectivity index (χ3n) is 4.56. The van der Waals surface area contributed by atoms with Crippen LogP contribution in [0.4, 0.5) is 35.2 Å². The molecule has 0 atom stereocenters. The number of carbonyl (C=O) groups is 1. The number of rotatable bonds is 4. The van der Waals surface area contributed by atoms with E-state index in [9.17, 15) is 18.0 Å². The normalized spacial score (nSPS) is 11.5. The average molecular weight is 463 g/mol. The minimum absolute atomic E-state index is 0.0932. The van der Waals surface area contributed by atoms with E-state index in [0.29, 0.717) is 27.5 Å². The van der Waals surface area contributed by atoms with Crippen LogP contribution in [0.25, 0.3) is 22.1 Å². The van der Waals surface area contributed by atoms with E-state index in [4.69, 9.17) is 27.6 Å². The Balaban J connectivity index is 1.75. The minimum Gasteiger partial charge on any atom is -0.402 e. The summed E-state index contributed by atoms with van der Waals surface area (Å²) in [6, 6.07) is 15.0. The Morgan fingerprint density at radius 2 is 1.78 bits per heavy atom. The van der Waals surface area contributed by atoms with E-state index >= 15 is 0 Å². The molecule has 32 heavy (non-hydrogen) atoms. The number of nitrogens with zero attached hydrogens (tertiary/aromatic N) is 2. The van der Waals surface area contributed by atoms with E-state index in [1.54, 1.807) is 48.5 Å². The van der Waals surface area contributed by atoms with Gasteiger partial charge in [0.05, 0.1) is 16.8 Å². The monoisotopic (exact) mass is 462 g/mol. The summed E-state index contributed by atoms with van der Waals surface area (Å²) in [6.45, 7) is 0. The first kappa shape index (κ1) is 21.3. The molecular formula is C21H14ClF3N4O3. The lowest BCUT2D eigenvalue weighted by molar-refractivity contribution is -0.274. The zero-order chi connectivity index (χ0) is 23.0. The van der Waals surface area contributed by atoms with Gasteiger partial charge in [-0.1, -0.05) is 35.0 Å². The van der Waals surface area contributed by atoms with Gasteiger partial charge in [-0.05, 0) is 53.6 Å². The van der Waals surface area contributed by atoms with Crippen molar-refractivity contribution in [2.45, 2.75) is 6.36 Å². The molecule has 2 amide bonds. The Kier molecular flexibility index (Phi) is 5.31. The number of alkyl halides is 3. The topological polar surface area (TPSA) is 108 Å². The number of anilines is 3. The summed E-state index contributed by atoms with van der Waals surface area (Å²) in [5.74, 6) is -0.651. The zero-order valence-corrected chi connectivity index (χ0v) is 16.8. The Labute approximate surface area is 183 Å². The maximum Gasteiger partial charge on any atom is 0.573 e. The van der Waals surface area contributed by atoms with Crippen LogP contribution in [0.15, 0.2) is 65.2 Å². The quantitative estimate of drug-likeness (QED) is 0.396. The van der Waals surface area contributed by atoms with Crippen LogP contribution in [0, 0.1) is 0 Å². The highest BCUT2D eigenvalue weighted by Gasteiger charge is 2.33.